The standard InChI is InChI=1S/C22H20FN3O/c1-25-11-10-17(14-25)21-24-20-13-16(8-9-19(20)22(27)26(21)2)7-6-15-4-3-5-18(23)12-15/h3-5,8-9,12-13,17H,10-11,14H2,1-2H3. The van der Waals surface area contributed by atoms with Crippen molar-refractivity contribution in [2.24, 2.45) is 7.05 Å². The van der Waals surface area contributed by atoms with Gasteiger partial charge in [-0.3, -0.25) is 9.36 Å². The normalized spacial score (nSPS) is 17.1. The molecule has 4 rings (SSSR count). The summed E-state index contributed by atoms with van der Waals surface area (Å²) in [4.78, 5) is 19.8. The van der Waals surface area contributed by atoms with Crippen molar-refractivity contribution in [3.05, 3.63) is 75.6 Å². The molecule has 3 aromatic rings. The lowest BCUT2D eigenvalue weighted by atomic mass is 10.1. The Bertz CT molecular complexity index is 1140. The molecule has 27 heavy (non-hydrogen) atoms. The van der Waals surface area contributed by atoms with Crippen LogP contribution in [-0.2, 0) is 7.05 Å². The number of nitrogens with zero attached hydrogens (tertiary/aromatic N) is 3. The van der Waals surface area contributed by atoms with E-state index in [1.165, 1.54) is 12.1 Å². The number of hydrogen-bond acceptors (Lipinski definition) is 3. The molecule has 0 amide bonds. The Kier molecular flexibility index (Phi) is 4.51. The Balaban J connectivity index is 1.76. The molecule has 5 heteroatoms. The van der Waals surface area contributed by atoms with Crippen LogP contribution in [0.5, 0.6) is 0 Å². The van der Waals surface area contributed by atoms with Crippen LogP contribution in [0.1, 0.15) is 29.3 Å². The first-order valence-corrected chi connectivity index (χ1v) is 8.98. The number of halogens is 1. The lowest BCUT2D eigenvalue weighted by Gasteiger charge is -2.15. The summed E-state index contributed by atoms with van der Waals surface area (Å²) < 4.78 is 15.0. The summed E-state index contributed by atoms with van der Waals surface area (Å²) in [5.41, 5.74) is 1.99. The summed E-state index contributed by atoms with van der Waals surface area (Å²) in [5.74, 6) is 6.78. The molecule has 1 fully saturated rings. The largest absolute Gasteiger partial charge is 0.306 e. The first-order valence-electron chi connectivity index (χ1n) is 8.98. The van der Waals surface area contributed by atoms with Gasteiger partial charge in [0, 0.05) is 30.6 Å². The molecule has 0 aliphatic carbocycles. The summed E-state index contributed by atoms with van der Waals surface area (Å²) in [7, 11) is 3.87. The van der Waals surface area contributed by atoms with Crippen molar-refractivity contribution in [3.63, 3.8) is 0 Å². The second kappa shape index (κ2) is 6.98. The predicted molar refractivity (Wildman–Crippen MR) is 104 cm³/mol. The second-order valence-electron chi connectivity index (χ2n) is 7.07. The van der Waals surface area contributed by atoms with E-state index in [1.54, 1.807) is 35.9 Å². The quantitative estimate of drug-likeness (QED) is 0.626. The molecule has 1 aliphatic rings. The highest BCUT2D eigenvalue weighted by molar-refractivity contribution is 5.79. The molecule has 0 N–H and O–H groups in total. The molecular formula is C22H20FN3O. The first-order chi connectivity index (χ1) is 13.0. The molecule has 0 spiro atoms. The number of aromatic nitrogens is 2. The molecule has 0 radical (unpaired) electrons. The van der Waals surface area contributed by atoms with Crippen molar-refractivity contribution in [3.8, 4) is 11.8 Å². The van der Waals surface area contributed by atoms with Crippen molar-refractivity contribution in [2.75, 3.05) is 20.1 Å². The fraction of sp³-hybridized carbons (Fsp3) is 0.273. The van der Waals surface area contributed by atoms with Crippen LogP contribution in [0.15, 0.2) is 47.3 Å². The van der Waals surface area contributed by atoms with Gasteiger partial charge in [-0.15, -0.1) is 0 Å². The third kappa shape index (κ3) is 3.49. The fourth-order valence-corrected chi connectivity index (χ4v) is 3.59. The molecule has 1 aromatic heterocycles. The van der Waals surface area contributed by atoms with Crippen LogP contribution in [-0.4, -0.2) is 34.6 Å². The summed E-state index contributed by atoms with van der Waals surface area (Å²) in [5, 5.41) is 0.587. The molecule has 1 aliphatic heterocycles. The number of fused-ring (bicyclic) bond motifs is 1. The zero-order valence-electron chi connectivity index (χ0n) is 15.4. The van der Waals surface area contributed by atoms with E-state index < -0.39 is 0 Å². The Labute approximate surface area is 157 Å². The molecule has 1 unspecified atom stereocenters. The predicted octanol–water partition coefficient (Wildman–Crippen LogP) is 2.89. The van der Waals surface area contributed by atoms with Crippen LogP contribution in [0, 0.1) is 17.7 Å². The number of benzene rings is 2. The lowest BCUT2D eigenvalue weighted by molar-refractivity contribution is 0.408. The van der Waals surface area contributed by atoms with E-state index in [9.17, 15) is 9.18 Å². The van der Waals surface area contributed by atoms with E-state index in [0.29, 0.717) is 16.5 Å². The van der Waals surface area contributed by atoms with Crippen LogP contribution in [0.25, 0.3) is 10.9 Å². The highest BCUT2D eigenvalue weighted by Crippen LogP contribution is 2.25. The Hall–Kier alpha value is -2.97. The van der Waals surface area contributed by atoms with Crippen molar-refractivity contribution in [1.82, 2.24) is 14.5 Å². The molecule has 136 valence electrons. The summed E-state index contributed by atoms with van der Waals surface area (Å²) in [6, 6.07) is 11.6. The third-order valence-corrected chi connectivity index (χ3v) is 5.04. The molecule has 4 nitrogen and oxygen atoms in total. The van der Waals surface area contributed by atoms with E-state index in [4.69, 9.17) is 4.98 Å². The van der Waals surface area contributed by atoms with E-state index in [0.717, 1.165) is 30.9 Å². The number of hydrogen-bond donors (Lipinski definition) is 0. The highest BCUT2D eigenvalue weighted by Gasteiger charge is 2.25. The minimum Gasteiger partial charge on any atom is -0.306 e. The van der Waals surface area contributed by atoms with Gasteiger partial charge in [0.1, 0.15) is 11.6 Å². The highest BCUT2D eigenvalue weighted by atomic mass is 19.1. The van der Waals surface area contributed by atoms with E-state index in [-0.39, 0.29) is 17.3 Å². The molecular weight excluding hydrogens is 341 g/mol. The molecule has 1 atom stereocenters. The van der Waals surface area contributed by atoms with Crippen LogP contribution in [0.2, 0.25) is 0 Å². The number of rotatable bonds is 1. The van der Waals surface area contributed by atoms with Gasteiger partial charge in [0.2, 0.25) is 0 Å². The minimum absolute atomic E-state index is 0.0332. The summed E-state index contributed by atoms with van der Waals surface area (Å²) in [6.45, 7) is 1.92. The van der Waals surface area contributed by atoms with Gasteiger partial charge in [-0.05, 0) is 56.4 Å². The van der Waals surface area contributed by atoms with Crippen molar-refractivity contribution in [2.45, 2.75) is 12.3 Å². The van der Waals surface area contributed by atoms with E-state index >= 15 is 0 Å². The topological polar surface area (TPSA) is 38.1 Å². The third-order valence-electron chi connectivity index (χ3n) is 5.04. The minimum atomic E-state index is -0.309. The van der Waals surface area contributed by atoms with Crippen LogP contribution < -0.4 is 5.56 Å². The van der Waals surface area contributed by atoms with E-state index in [2.05, 4.69) is 23.8 Å². The van der Waals surface area contributed by atoms with Crippen LogP contribution in [0.3, 0.4) is 0 Å². The smallest absolute Gasteiger partial charge is 0.261 e. The molecule has 0 saturated carbocycles. The number of likely N-dealkylation sites (N-methyl/N-ethyl adjacent to an activating group) is 1. The maximum absolute atomic E-state index is 13.3. The van der Waals surface area contributed by atoms with Crippen molar-refractivity contribution >= 4 is 10.9 Å². The first kappa shape index (κ1) is 17.4. The van der Waals surface area contributed by atoms with Gasteiger partial charge < -0.3 is 4.90 Å². The van der Waals surface area contributed by atoms with Crippen LogP contribution in [0.4, 0.5) is 4.39 Å². The number of likely N-dealkylation sites (tertiary alicyclic amines) is 1. The Morgan fingerprint density at radius 2 is 1.89 bits per heavy atom. The fourth-order valence-electron chi connectivity index (χ4n) is 3.59. The van der Waals surface area contributed by atoms with Crippen molar-refractivity contribution in [1.29, 1.82) is 0 Å². The zero-order chi connectivity index (χ0) is 19.0. The Morgan fingerprint density at radius 1 is 1.11 bits per heavy atom. The summed E-state index contributed by atoms with van der Waals surface area (Å²) in [6.07, 6.45) is 1.00. The van der Waals surface area contributed by atoms with Crippen LogP contribution >= 0.6 is 0 Å². The van der Waals surface area contributed by atoms with Gasteiger partial charge in [-0.25, -0.2) is 9.37 Å². The van der Waals surface area contributed by atoms with Gasteiger partial charge >= 0.3 is 0 Å². The summed E-state index contributed by atoms with van der Waals surface area (Å²) >= 11 is 0. The van der Waals surface area contributed by atoms with Gasteiger partial charge in [0.15, 0.2) is 0 Å². The lowest BCUT2D eigenvalue weighted by Crippen LogP contribution is -2.25. The average molecular weight is 361 g/mol. The molecule has 1 saturated heterocycles. The monoisotopic (exact) mass is 361 g/mol. The maximum atomic E-state index is 13.3. The SMILES string of the molecule is CN1CCC(c2nc3cc(C#Cc4cccc(F)c4)ccc3c(=O)n2C)C1. The average Bonchev–Trinajstić information content (AvgIpc) is 3.09. The maximum Gasteiger partial charge on any atom is 0.261 e. The van der Waals surface area contributed by atoms with Crippen molar-refractivity contribution < 1.29 is 4.39 Å². The second-order valence-corrected chi connectivity index (χ2v) is 7.07. The molecule has 0 bridgehead atoms. The van der Waals surface area contributed by atoms with Gasteiger partial charge in [0.25, 0.3) is 5.56 Å². The van der Waals surface area contributed by atoms with Gasteiger partial charge in [-0.1, -0.05) is 17.9 Å². The molecule has 2 aromatic carbocycles. The van der Waals surface area contributed by atoms with Gasteiger partial charge in [-0.2, -0.15) is 0 Å². The van der Waals surface area contributed by atoms with E-state index in [1.807, 2.05) is 6.07 Å². The van der Waals surface area contributed by atoms with Gasteiger partial charge in [0.05, 0.1) is 10.9 Å². The zero-order valence-corrected chi connectivity index (χ0v) is 15.4. The Morgan fingerprint density at radius 3 is 2.59 bits per heavy atom. The molecule has 2 heterocycles.